The SMILES string of the molecule is CN(C)C(=O)Cn1nc(F)c2ncc(-c3cccc(C(F)F)c3)cc21. The number of hydrogen-bond donors (Lipinski definition) is 0. The van der Waals surface area contributed by atoms with Crippen molar-refractivity contribution in [3.63, 3.8) is 0 Å². The summed E-state index contributed by atoms with van der Waals surface area (Å²) in [7, 11) is 3.17. The number of likely N-dealkylation sites (N-methyl/N-ethyl adjacent to an activating group) is 1. The number of halogens is 3. The van der Waals surface area contributed by atoms with Gasteiger partial charge in [-0.1, -0.05) is 18.2 Å². The summed E-state index contributed by atoms with van der Waals surface area (Å²) in [6.45, 7) is -0.143. The van der Waals surface area contributed by atoms with Gasteiger partial charge in [0, 0.05) is 31.4 Å². The van der Waals surface area contributed by atoms with Crippen LogP contribution in [-0.2, 0) is 11.3 Å². The topological polar surface area (TPSA) is 51.0 Å². The number of nitrogens with zero attached hydrogens (tertiary/aromatic N) is 4. The minimum atomic E-state index is -2.59. The van der Waals surface area contributed by atoms with Crippen LogP contribution in [0.2, 0.25) is 0 Å². The molecule has 3 aromatic rings. The van der Waals surface area contributed by atoms with Crippen molar-refractivity contribution in [2.75, 3.05) is 14.1 Å². The van der Waals surface area contributed by atoms with Gasteiger partial charge in [-0.2, -0.15) is 4.39 Å². The first-order valence-electron chi connectivity index (χ1n) is 7.47. The summed E-state index contributed by atoms with van der Waals surface area (Å²) in [6, 6.07) is 7.46. The van der Waals surface area contributed by atoms with E-state index in [1.54, 1.807) is 26.2 Å². The highest BCUT2D eigenvalue weighted by Gasteiger charge is 2.16. The molecule has 0 aliphatic carbocycles. The lowest BCUT2D eigenvalue weighted by molar-refractivity contribution is -0.129. The van der Waals surface area contributed by atoms with Crippen LogP contribution in [0.3, 0.4) is 0 Å². The van der Waals surface area contributed by atoms with Crippen LogP contribution >= 0.6 is 0 Å². The molecule has 25 heavy (non-hydrogen) atoms. The number of alkyl halides is 2. The number of rotatable bonds is 4. The fourth-order valence-electron chi connectivity index (χ4n) is 2.42. The van der Waals surface area contributed by atoms with Crippen LogP contribution in [0.4, 0.5) is 13.2 Å². The van der Waals surface area contributed by atoms with Crippen molar-refractivity contribution in [3.05, 3.63) is 48.0 Å². The molecule has 0 fully saturated rings. The van der Waals surface area contributed by atoms with E-state index in [0.29, 0.717) is 16.6 Å². The lowest BCUT2D eigenvalue weighted by Gasteiger charge is -2.10. The molecular formula is C17H15F3N4O. The van der Waals surface area contributed by atoms with Crippen molar-refractivity contribution < 1.29 is 18.0 Å². The maximum absolute atomic E-state index is 13.9. The predicted octanol–water partition coefficient (Wildman–Crippen LogP) is 3.26. The molecule has 1 aromatic carbocycles. The Balaban J connectivity index is 2.07. The monoisotopic (exact) mass is 348 g/mol. The number of benzene rings is 1. The lowest BCUT2D eigenvalue weighted by Crippen LogP contribution is -2.26. The number of amides is 1. The van der Waals surface area contributed by atoms with Gasteiger partial charge >= 0.3 is 0 Å². The van der Waals surface area contributed by atoms with Gasteiger partial charge in [-0.05, 0) is 17.7 Å². The molecule has 8 heteroatoms. The Bertz CT molecular complexity index is 937. The van der Waals surface area contributed by atoms with Gasteiger partial charge in [0.15, 0.2) is 0 Å². The highest BCUT2D eigenvalue weighted by atomic mass is 19.3. The molecule has 0 saturated carbocycles. The number of carbonyl (C=O) groups is 1. The van der Waals surface area contributed by atoms with E-state index in [0.717, 1.165) is 0 Å². The molecule has 3 rings (SSSR count). The molecule has 0 aliphatic heterocycles. The molecular weight excluding hydrogens is 333 g/mol. The van der Waals surface area contributed by atoms with E-state index in [9.17, 15) is 18.0 Å². The molecule has 0 aliphatic rings. The fourth-order valence-corrected chi connectivity index (χ4v) is 2.42. The van der Waals surface area contributed by atoms with Gasteiger partial charge in [0.1, 0.15) is 12.1 Å². The Morgan fingerprint density at radius 1 is 1.24 bits per heavy atom. The van der Waals surface area contributed by atoms with Crippen LogP contribution in [-0.4, -0.2) is 39.7 Å². The smallest absolute Gasteiger partial charge is 0.263 e. The summed E-state index contributed by atoms with van der Waals surface area (Å²) in [5.41, 5.74) is 1.31. The normalized spacial score (nSPS) is 11.3. The Hall–Kier alpha value is -2.90. The standard InChI is InChI=1S/C17H15F3N4O/c1-23(2)14(25)9-24-13-7-12(8-21-15(13)17(20)22-24)10-4-3-5-11(6-10)16(18)19/h3-8,16H,9H2,1-2H3. The predicted molar refractivity (Wildman–Crippen MR) is 86.6 cm³/mol. The minimum Gasteiger partial charge on any atom is -0.347 e. The first-order chi connectivity index (χ1) is 11.9. The number of pyridine rings is 1. The molecule has 2 aromatic heterocycles. The quantitative estimate of drug-likeness (QED) is 0.727. The first-order valence-corrected chi connectivity index (χ1v) is 7.47. The van der Waals surface area contributed by atoms with Crippen LogP contribution in [0.15, 0.2) is 36.5 Å². The molecule has 0 N–H and O–H groups in total. The Morgan fingerprint density at radius 3 is 2.68 bits per heavy atom. The largest absolute Gasteiger partial charge is 0.347 e. The van der Waals surface area contributed by atoms with Crippen molar-refractivity contribution in [1.82, 2.24) is 19.7 Å². The van der Waals surface area contributed by atoms with Gasteiger partial charge in [0.2, 0.25) is 5.91 Å². The van der Waals surface area contributed by atoms with Crippen LogP contribution in [0, 0.1) is 5.95 Å². The van der Waals surface area contributed by atoms with Crippen molar-refractivity contribution in [2.45, 2.75) is 13.0 Å². The Kier molecular flexibility index (Phi) is 4.43. The maximum Gasteiger partial charge on any atom is 0.263 e. The number of fused-ring (bicyclic) bond motifs is 1. The molecule has 0 radical (unpaired) electrons. The number of hydrogen-bond acceptors (Lipinski definition) is 3. The van der Waals surface area contributed by atoms with Gasteiger partial charge in [-0.15, -0.1) is 5.10 Å². The van der Waals surface area contributed by atoms with E-state index in [1.165, 1.54) is 34.0 Å². The van der Waals surface area contributed by atoms with E-state index >= 15 is 0 Å². The van der Waals surface area contributed by atoms with E-state index in [-0.39, 0.29) is 23.5 Å². The molecule has 0 unspecified atom stereocenters. The second kappa shape index (κ2) is 6.54. The van der Waals surface area contributed by atoms with Crippen LogP contribution in [0.25, 0.3) is 22.2 Å². The van der Waals surface area contributed by atoms with E-state index in [4.69, 9.17) is 0 Å². The molecule has 1 amide bonds. The molecule has 5 nitrogen and oxygen atoms in total. The average Bonchev–Trinajstić information content (AvgIpc) is 2.90. The van der Waals surface area contributed by atoms with Crippen LogP contribution in [0.1, 0.15) is 12.0 Å². The number of aromatic nitrogens is 3. The average molecular weight is 348 g/mol. The second-order valence-corrected chi connectivity index (χ2v) is 5.75. The Labute approximate surface area is 141 Å². The van der Waals surface area contributed by atoms with Gasteiger partial charge in [-0.25, -0.2) is 13.8 Å². The summed E-state index contributed by atoms with van der Waals surface area (Å²) in [5.74, 6) is -1.04. The molecule has 130 valence electrons. The maximum atomic E-state index is 13.9. The van der Waals surface area contributed by atoms with E-state index in [2.05, 4.69) is 10.1 Å². The van der Waals surface area contributed by atoms with Crippen LogP contribution < -0.4 is 0 Å². The van der Waals surface area contributed by atoms with Gasteiger partial charge in [-0.3, -0.25) is 9.48 Å². The van der Waals surface area contributed by atoms with Crippen molar-refractivity contribution in [1.29, 1.82) is 0 Å². The molecule has 0 bridgehead atoms. The van der Waals surface area contributed by atoms with E-state index < -0.39 is 12.4 Å². The zero-order chi connectivity index (χ0) is 18.1. The van der Waals surface area contributed by atoms with Gasteiger partial charge < -0.3 is 4.90 Å². The second-order valence-electron chi connectivity index (χ2n) is 5.75. The summed E-state index contributed by atoms with van der Waals surface area (Å²) >= 11 is 0. The summed E-state index contributed by atoms with van der Waals surface area (Å²) < 4.78 is 40.9. The summed E-state index contributed by atoms with van der Waals surface area (Å²) in [6.07, 6.45) is -1.19. The van der Waals surface area contributed by atoms with Crippen molar-refractivity contribution in [2.24, 2.45) is 0 Å². The highest BCUT2D eigenvalue weighted by Crippen LogP contribution is 2.27. The zero-order valence-electron chi connectivity index (χ0n) is 13.6. The Morgan fingerprint density at radius 2 is 2.00 bits per heavy atom. The van der Waals surface area contributed by atoms with E-state index in [1.807, 2.05) is 0 Å². The third-order valence-electron chi connectivity index (χ3n) is 3.81. The van der Waals surface area contributed by atoms with Crippen molar-refractivity contribution >= 4 is 16.9 Å². The molecule has 0 atom stereocenters. The highest BCUT2D eigenvalue weighted by molar-refractivity contribution is 5.83. The van der Waals surface area contributed by atoms with Crippen LogP contribution in [0.5, 0.6) is 0 Å². The third kappa shape index (κ3) is 3.33. The number of carbonyl (C=O) groups excluding carboxylic acids is 1. The third-order valence-corrected chi connectivity index (χ3v) is 3.81. The molecule has 0 saturated heterocycles. The fraction of sp³-hybridized carbons (Fsp3) is 0.235. The van der Waals surface area contributed by atoms with Crippen molar-refractivity contribution in [3.8, 4) is 11.1 Å². The summed E-state index contributed by atoms with van der Waals surface area (Å²) in [4.78, 5) is 17.3. The summed E-state index contributed by atoms with van der Waals surface area (Å²) in [5, 5.41) is 3.71. The zero-order valence-corrected chi connectivity index (χ0v) is 13.6. The lowest BCUT2D eigenvalue weighted by atomic mass is 10.0. The van der Waals surface area contributed by atoms with Gasteiger partial charge in [0.05, 0.1) is 5.52 Å². The molecule has 2 heterocycles. The molecule has 0 spiro atoms. The minimum absolute atomic E-state index is 0.0281. The first kappa shape index (κ1) is 16.9. The van der Waals surface area contributed by atoms with Gasteiger partial charge in [0.25, 0.3) is 12.4 Å².